The van der Waals surface area contributed by atoms with Crippen molar-refractivity contribution < 1.29 is 9.52 Å². The normalized spacial score (nSPS) is 15.3. The highest BCUT2D eigenvalue weighted by Crippen LogP contribution is 2.41. The Hall–Kier alpha value is -3.05. The van der Waals surface area contributed by atoms with Crippen LogP contribution in [0.1, 0.15) is 47.4 Å². The maximum atomic E-state index is 10.3. The topological polar surface area (TPSA) is 59.2 Å². The number of hydrogen-bond acceptors (Lipinski definition) is 5. The van der Waals surface area contributed by atoms with E-state index in [2.05, 4.69) is 23.2 Å². The van der Waals surface area contributed by atoms with Gasteiger partial charge < -0.3 is 9.52 Å². The van der Waals surface area contributed by atoms with Crippen molar-refractivity contribution in [1.82, 2.24) is 9.97 Å². The molecule has 160 valence electrons. The Morgan fingerprint density at radius 3 is 2.69 bits per heavy atom. The van der Waals surface area contributed by atoms with Gasteiger partial charge in [-0.15, -0.1) is 11.8 Å². The summed E-state index contributed by atoms with van der Waals surface area (Å²) < 4.78 is 6.33. The van der Waals surface area contributed by atoms with Gasteiger partial charge >= 0.3 is 0 Å². The van der Waals surface area contributed by atoms with Crippen LogP contribution < -0.4 is 0 Å². The summed E-state index contributed by atoms with van der Waals surface area (Å²) in [5, 5.41) is 12.6. The maximum absolute atomic E-state index is 10.3. The molecule has 2 aromatic carbocycles. The van der Waals surface area contributed by atoms with Crippen molar-refractivity contribution in [3.05, 3.63) is 70.6 Å². The first-order valence-corrected chi connectivity index (χ1v) is 12.4. The Balaban J connectivity index is 1.47. The zero-order valence-corrected chi connectivity index (χ0v) is 18.8. The molecule has 5 heteroatoms. The van der Waals surface area contributed by atoms with Gasteiger partial charge in [-0.05, 0) is 91.8 Å². The van der Waals surface area contributed by atoms with Gasteiger partial charge in [0.25, 0.3) is 0 Å². The first-order valence-electron chi connectivity index (χ1n) is 11.2. The second-order valence-corrected chi connectivity index (χ2v) is 9.36. The molecule has 0 saturated carbocycles. The van der Waals surface area contributed by atoms with Crippen molar-refractivity contribution in [2.45, 2.75) is 43.6 Å². The van der Waals surface area contributed by atoms with E-state index in [0.29, 0.717) is 11.4 Å². The van der Waals surface area contributed by atoms with Crippen molar-refractivity contribution in [3.8, 4) is 17.1 Å². The van der Waals surface area contributed by atoms with Crippen LogP contribution in [0.25, 0.3) is 34.0 Å². The Labute approximate surface area is 191 Å². The molecular weight excluding hydrogens is 416 g/mol. The molecule has 2 aromatic heterocycles. The van der Waals surface area contributed by atoms with Gasteiger partial charge in [0.15, 0.2) is 5.82 Å². The summed E-state index contributed by atoms with van der Waals surface area (Å²) in [6, 6.07) is 13.7. The van der Waals surface area contributed by atoms with Crippen LogP contribution >= 0.6 is 11.8 Å². The molecule has 1 N–H and O–H groups in total. The minimum atomic E-state index is 0.193. The van der Waals surface area contributed by atoms with Gasteiger partial charge in [-0.2, -0.15) is 0 Å². The van der Waals surface area contributed by atoms with E-state index in [4.69, 9.17) is 9.40 Å². The molecule has 4 nitrogen and oxygen atoms in total. The molecule has 32 heavy (non-hydrogen) atoms. The van der Waals surface area contributed by atoms with Gasteiger partial charge in [0.05, 0.1) is 11.3 Å². The van der Waals surface area contributed by atoms with Gasteiger partial charge in [0.2, 0.25) is 0 Å². The molecule has 0 aliphatic heterocycles. The van der Waals surface area contributed by atoms with E-state index >= 15 is 0 Å². The molecule has 0 fully saturated rings. The van der Waals surface area contributed by atoms with Crippen molar-refractivity contribution in [2.75, 3.05) is 6.26 Å². The second kappa shape index (κ2) is 7.82. The van der Waals surface area contributed by atoms with E-state index in [0.717, 1.165) is 46.9 Å². The average Bonchev–Trinajstić information content (AvgIpc) is 3.22. The smallest absolute Gasteiger partial charge is 0.164 e. The maximum Gasteiger partial charge on any atom is 0.164 e. The number of aryl methyl sites for hydroxylation is 3. The van der Waals surface area contributed by atoms with E-state index in [1.54, 1.807) is 17.8 Å². The third-order valence-electron chi connectivity index (χ3n) is 6.65. The van der Waals surface area contributed by atoms with Crippen molar-refractivity contribution in [3.63, 3.8) is 0 Å². The molecule has 4 aromatic rings. The fraction of sp³-hybridized carbons (Fsp3) is 0.259. The SMILES string of the molecule is CSc1cc(C2=Cc3oc4ccc5c(c4c3CC2)CCCC5)nc(-c2ccccc2O)n1. The summed E-state index contributed by atoms with van der Waals surface area (Å²) in [5.74, 6) is 1.71. The van der Waals surface area contributed by atoms with E-state index in [1.807, 2.05) is 30.5 Å². The van der Waals surface area contributed by atoms with E-state index in [1.165, 1.54) is 41.3 Å². The minimum absolute atomic E-state index is 0.193. The van der Waals surface area contributed by atoms with Gasteiger partial charge in [-0.3, -0.25) is 0 Å². The average molecular weight is 441 g/mol. The number of aromatic nitrogens is 2. The number of rotatable bonds is 3. The highest BCUT2D eigenvalue weighted by Gasteiger charge is 2.24. The summed E-state index contributed by atoms with van der Waals surface area (Å²) in [7, 11) is 0. The summed E-state index contributed by atoms with van der Waals surface area (Å²) >= 11 is 1.58. The van der Waals surface area contributed by atoms with Gasteiger partial charge in [0, 0.05) is 10.9 Å². The standard InChI is InChI=1S/C27H24N2O2S/c1-32-25-15-21(28-27(29-25)19-8-4-5-9-22(19)30)17-10-12-20-24(14-17)31-23-13-11-16-6-2-3-7-18(16)26(20)23/h4-5,8-9,11,13-15,30H,2-3,6-7,10,12H2,1H3. The molecule has 0 atom stereocenters. The van der Waals surface area contributed by atoms with Crippen LogP contribution in [0, 0.1) is 0 Å². The molecule has 0 spiro atoms. The highest BCUT2D eigenvalue weighted by molar-refractivity contribution is 7.98. The van der Waals surface area contributed by atoms with Crippen LogP contribution in [-0.2, 0) is 19.3 Å². The molecule has 2 aliphatic carbocycles. The van der Waals surface area contributed by atoms with Crippen LogP contribution in [0.3, 0.4) is 0 Å². The Morgan fingerprint density at radius 1 is 0.938 bits per heavy atom. The van der Waals surface area contributed by atoms with Gasteiger partial charge in [0.1, 0.15) is 22.1 Å². The predicted molar refractivity (Wildman–Crippen MR) is 130 cm³/mol. The minimum Gasteiger partial charge on any atom is -0.507 e. The Morgan fingerprint density at radius 2 is 1.81 bits per heavy atom. The van der Waals surface area contributed by atoms with Crippen LogP contribution in [0.5, 0.6) is 5.75 Å². The number of thioether (sulfide) groups is 1. The largest absolute Gasteiger partial charge is 0.507 e. The van der Waals surface area contributed by atoms with E-state index in [-0.39, 0.29) is 5.75 Å². The molecule has 2 heterocycles. The molecule has 0 saturated heterocycles. The quantitative estimate of drug-likeness (QED) is 0.284. The van der Waals surface area contributed by atoms with Gasteiger partial charge in [-0.25, -0.2) is 9.97 Å². The van der Waals surface area contributed by atoms with Crippen LogP contribution in [-0.4, -0.2) is 21.3 Å². The number of fused-ring (bicyclic) bond motifs is 5. The zero-order chi connectivity index (χ0) is 21.7. The summed E-state index contributed by atoms with van der Waals surface area (Å²) in [4.78, 5) is 9.49. The summed E-state index contributed by atoms with van der Waals surface area (Å²) in [5.41, 5.74) is 8.06. The van der Waals surface area contributed by atoms with E-state index < -0.39 is 0 Å². The molecular formula is C27H24N2O2S. The molecule has 0 bridgehead atoms. The fourth-order valence-electron chi connectivity index (χ4n) is 5.06. The fourth-order valence-corrected chi connectivity index (χ4v) is 5.47. The van der Waals surface area contributed by atoms with E-state index in [9.17, 15) is 5.11 Å². The number of hydrogen-bond donors (Lipinski definition) is 1. The van der Waals surface area contributed by atoms with Gasteiger partial charge in [-0.1, -0.05) is 18.2 Å². The molecule has 0 amide bonds. The lowest BCUT2D eigenvalue weighted by atomic mass is 9.85. The second-order valence-electron chi connectivity index (χ2n) is 8.53. The van der Waals surface area contributed by atoms with Crippen LogP contribution in [0.4, 0.5) is 0 Å². The first kappa shape index (κ1) is 19.6. The lowest BCUT2D eigenvalue weighted by molar-refractivity contribution is 0.477. The van der Waals surface area contributed by atoms with Crippen molar-refractivity contribution >= 4 is 34.4 Å². The number of benzene rings is 2. The Kier molecular flexibility index (Phi) is 4.80. The van der Waals surface area contributed by atoms with Crippen LogP contribution in [0.15, 0.2) is 51.9 Å². The third kappa shape index (κ3) is 3.23. The number of allylic oxidation sites excluding steroid dienone is 1. The third-order valence-corrected chi connectivity index (χ3v) is 7.28. The highest BCUT2D eigenvalue weighted by atomic mass is 32.2. The monoisotopic (exact) mass is 440 g/mol. The number of phenolic OH excluding ortho intramolecular Hbond substituents is 1. The molecule has 6 rings (SSSR count). The van der Waals surface area contributed by atoms with Crippen molar-refractivity contribution in [1.29, 1.82) is 0 Å². The number of aromatic hydroxyl groups is 1. The van der Waals surface area contributed by atoms with Crippen LogP contribution in [0.2, 0.25) is 0 Å². The zero-order valence-electron chi connectivity index (χ0n) is 18.0. The number of furan rings is 1. The summed E-state index contributed by atoms with van der Waals surface area (Å²) in [6.45, 7) is 0. The predicted octanol–water partition coefficient (Wildman–Crippen LogP) is 6.68. The van der Waals surface area contributed by atoms with Crippen molar-refractivity contribution in [2.24, 2.45) is 0 Å². The Bertz CT molecular complexity index is 1390. The number of nitrogens with zero attached hydrogens (tertiary/aromatic N) is 2. The first-order chi connectivity index (χ1) is 15.7. The molecule has 0 radical (unpaired) electrons. The molecule has 0 unspecified atom stereocenters. The lowest BCUT2D eigenvalue weighted by Crippen LogP contribution is -2.05. The molecule has 2 aliphatic rings. The lowest BCUT2D eigenvalue weighted by Gasteiger charge is -2.18. The number of phenols is 1. The summed E-state index contributed by atoms with van der Waals surface area (Å²) in [6.07, 6.45) is 10.9. The number of para-hydroxylation sites is 1.